The second-order valence-electron chi connectivity index (χ2n) is 2.90. The molecule has 1 aromatic heterocycles. The Kier molecular flexibility index (Phi) is 4.88. The highest BCUT2D eigenvalue weighted by molar-refractivity contribution is 5.32. The van der Waals surface area contributed by atoms with E-state index < -0.39 is 0 Å². The minimum absolute atomic E-state index is 0.0832. The van der Waals surface area contributed by atoms with Gasteiger partial charge >= 0.3 is 0 Å². The average molecular weight is 197 g/mol. The summed E-state index contributed by atoms with van der Waals surface area (Å²) in [6, 6.07) is 1.86. The van der Waals surface area contributed by atoms with Gasteiger partial charge in [-0.2, -0.15) is 0 Å². The van der Waals surface area contributed by atoms with Crippen molar-refractivity contribution < 1.29 is 9.84 Å². The van der Waals surface area contributed by atoms with Crippen LogP contribution < -0.4 is 5.32 Å². The Morgan fingerprint density at radius 1 is 1.64 bits per heavy atom. The van der Waals surface area contributed by atoms with E-state index in [0.29, 0.717) is 13.0 Å². The van der Waals surface area contributed by atoms with Crippen LogP contribution in [0.3, 0.4) is 0 Å². The lowest BCUT2D eigenvalue weighted by atomic mass is 10.2. The van der Waals surface area contributed by atoms with Crippen molar-refractivity contribution in [2.75, 3.05) is 25.6 Å². The molecule has 0 aliphatic heterocycles. The standard InChI is InChI=1S/C9H15N3O2/c1-14-6-8(3-5-13)12-9-2-4-10-7-11-9/h2,4,7-8,13H,3,5-6H2,1H3,(H,10,11,12). The Morgan fingerprint density at radius 2 is 2.50 bits per heavy atom. The van der Waals surface area contributed by atoms with Crippen LogP contribution in [-0.4, -0.2) is 41.4 Å². The topological polar surface area (TPSA) is 67.3 Å². The number of rotatable bonds is 6. The van der Waals surface area contributed by atoms with Gasteiger partial charge in [0.25, 0.3) is 0 Å². The van der Waals surface area contributed by atoms with Gasteiger partial charge in [0.15, 0.2) is 0 Å². The second-order valence-corrected chi connectivity index (χ2v) is 2.90. The summed E-state index contributed by atoms with van der Waals surface area (Å²) in [5.41, 5.74) is 0. The summed E-state index contributed by atoms with van der Waals surface area (Å²) in [6.45, 7) is 0.677. The highest BCUT2D eigenvalue weighted by Crippen LogP contribution is 2.04. The number of anilines is 1. The van der Waals surface area contributed by atoms with Crippen LogP contribution >= 0.6 is 0 Å². The lowest BCUT2D eigenvalue weighted by Crippen LogP contribution is -2.26. The van der Waals surface area contributed by atoms with E-state index in [9.17, 15) is 0 Å². The van der Waals surface area contributed by atoms with E-state index in [1.165, 1.54) is 6.33 Å². The molecule has 0 amide bonds. The molecule has 0 fully saturated rings. The van der Waals surface area contributed by atoms with E-state index in [1.54, 1.807) is 19.4 Å². The maximum atomic E-state index is 8.81. The fraction of sp³-hybridized carbons (Fsp3) is 0.556. The fourth-order valence-corrected chi connectivity index (χ4v) is 1.14. The summed E-state index contributed by atoms with van der Waals surface area (Å²) in [5, 5.41) is 12.0. The summed E-state index contributed by atoms with van der Waals surface area (Å²) in [4.78, 5) is 7.84. The molecular formula is C9H15N3O2. The third kappa shape index (κ3) is 3.68. The number of hydrogen-bond acceptors (Lipinski definition) is 5. The summed E-state index contributed by atoms with van der Waals surface area (Å²) in [7, 11) is 1.63. The third-order valence-corrected chi connectivity index (χ3v) is 1.78. The van der Waals surface area contributed by atoms with E-state index in [-0.39, 0.29) is 12.6 Å². The largest absolute Gasteiger partial charge is 0.396 e. The van der Waals surface area contributed by atoms with Crippen LogP contribution in [0.2, 0.25) is 0 Å². The van der Waals surface area contributed by atoms with Gasteiger partial charge in [0, 0.05) is 19.9 Å². The van der Waals surface area contributed by atoms with Gasteiger partial charge in [0.2, 0.25) is 0 Å². The first-order valence-electron chi connectivity index (χ1n) is 4.49. The molecule has 0 radical (unpaired) electrons. The van der Waals surface area contributed by atoms with Gasteiger partial charge in [0.1, 0.15) is 12.1 Å². The lowest BCUT2D eigenvalue weighted by molar-refractivity contribution is 0.170. The molecule has 1 heterocycles. The zero-order chi connectivity index (χ0) is 10.2. The molecule has 1 atom stereocenters. The highest BCUT2D eigenvalue weighted by atomic mass is 16.5. The smallest absolute Gasteiger partial charge is 0.129 e. The van der Waals surface area contributed by atoms with Crippen LogP contribution in [0, 0.1) is 0 Å². The van der Waals surface area contributed by atoms with Crippen molar-refractivity contribution in [2.45, 2.75) is 12.5 Å². The average Bonchev–Trinajstić information content (AvgIpc) is 2.20. The summed E-state index contributed by atoms with van der Waals surface area (Å²) >= 11 is 0. The molecule has 0 saturated heterocycles. The Morgan fingerprint density at radius 3 is 3.07 bits per heavy atom. The molecule has 78 valence electrons. The number of methoxy groups -OCH3 is 1. The zero-order valence-corrected chi connectivity index (χ0v) is 8.18. The van der Waals surface area contributed by atoms with E-state index in [4.69, 9.17) is 9.84 Å². The number of aliphatic hydroxyl groups excluding tert-OH is 1. The number of nitrogens with zero attached hydrogens (tertiary/aromatic N) is 2. The minimum atomic E-state index is 0.0832. The van der Waals surface area contributed by atoms with Gasteiger partial charge in [-0.15, -0.1) is 0 Å². The molecule has 1 rings (SSSR count). The van der Waals surface area contributed by atoms with Crippen LogP contribution in [0.25, 0.3) is 0 Å². The number of aliphatic hydroxyl groups is 1. The van der Waals surface area contributed by atoms with Crippen molar-refractivity contribution in [2.24, 2.45) is 0 Å². The molecule has 14 heavy (non-hydrogen) atoms. The maximum absolute atomic E-state index is 8.81. The molecule has 5 heteroatoms. The van der Waals surface area contributed by atoms with E-state index >= 15 is 0 Å². The van der Waals surface area contributed by atoms with E-state index in [2.05, 4.69) is 15.3 Å². The van der Waals surface area contributed by atoms with Gasteiger partial charge in [-0.25, -0.2) is 9.97 Å². The van der Waals surface area contributed by atoms with Crippen LogP contribution in [0.15, 0.2) is 18.6 Å². The number of ether oxygens (including phenoxy) is 1. The van der Waals surface area contributed by atoms with Gasteiger partial charge in [0.05, 0.1) is 12.6 Å². The molecule has 1 unspecified atom stereocenters. The Balaban J connectivity index is 2.46. The molecule has 0 bridgehead atoms. The summed E-state index contributed by atoms with van der Waals surface area (Å²) in [5.74, 6) is 0.746. The fourth-order valence-electron chi connectivity index (χ4n) is 1.14. The lowest BCUT2D eigenvalue weighted by Gasteiger charge is -2.16. The monoisotopic (exact) mass is 197 g/mol. The molecule has 5 nitrogen and oxygen atoms in total. The second kappa shape index (κ2) is 6.28. The zero-order valence-electron chi connectivity index (χ0n) is 8.18. The predicted molar refractivity (Wildman–Crippen MR) is 53.0 cm³/mol. The van der Waals surface area contributed by atoms with Crippen LogP contribution in [0.1, 0.15) is 6.42 Å². The van der Waals surface area contributed by atoms with Gasteiger partial charge < -0.3 is 15.2 Å². The van der Waals surface area contributed by atoms with Crippen molar-refractivity contribution in [1.82, 2.24) is 9.97 Å². The Labute approximate surface area is 83.2 Å². The molecule has 1 aromatic rings. The summed E-state index contributed by atoms with van der Waals surface area (Å²) in [6.07, 6.45) is 3.78. The first kappa shape index (κ1) is 10.9. The van der Waals surface area contributed by atoms with Crippen LogP contribution in [-0.2, 0) is 4.74 Å². The molecule has 0 saturated carbocycles. The van der Waals surface area contributed by atoms with Crippen LogP contribution in [0.5, 0.6) is 0 Å². The predicted octanol–water partition coefficient (Wildman–Crippen LogP) is 0.286. The Hall–Kier alpha value is -1.20. The van der Waals surface area contributed by atoms with Gasteiger partial charge in [-0.1, -0.05) is 0 Å². The molecular weight excluding hydrogens is 182 g/mol. The van der Waals surface area contributed by atoms with Crippen molar-refractivity contribution in [1.29, 1.82) is 0 Å². The quantitative estimate of drug-likeness (QED) is 0.686. The van der Waals surface area contributed by atoms with Crippen LogP contribution in [0.4, 0.5) is 5.82 Å². The van der Waals surface area contributed by atoms with Gasteiger partial charge in [-0.05, 0) is 12.5 Å². The molecule has 2 N–H and O–H groups in total. The first-order valence-corrected chi connectivity index (χ1v) is 4.49. The minimum Gasteiger partial charge on any atom is -0.396 e. The van der Waals surface area contributed by atoms with Gasteiger partial charge in [-0.3, -0.25) is 0 Å². The van der Waals surface area contributed by atoms with E-state index in [0.717, 1.165) is 5.82 Å². The first-order chi connectivity index (χ1) is 6.86. The van der Waals surface area contributed by atoms with Crippen molar-refractivity contribution >= 4 is 5.82 Å². The molecule has 0 spiro atoms. The maximum Gasteiger partial charge on any atom is 0.129 e. The van der Waals surface area contributed by atoms with Crippen molar-refractivity contribution in [3.8, 4) is 0 Å². The molecule has 0 aliphatic rings. The Bertz CT molecular complexity index is 237. The van der Waals surface area contributed by atoms with Crippen molar-refractivity contribution in [3.63, 3.8) is 0 Å². The molecule has 0 aromatic carbocycles. The number of nitrogens with one attached hydrogen (secondary N) is 1. The van der Waals surface area contributed by atoms with Crippen molar-refractivity contribution in [3.05, 3.63) is 18.6 Å². The summed E-state index contributed by atoms with van der Waals surface area (Å²) < 4.78 is 5.01. The highest BCUT2D eigenvalue weighted by Gasteiger charge is 2.07. The SMILES string of the molecule is COCC(CCO)Nc1ccncn1. The normalized spacial score (nSPS) is 12.4. The van der Waals surface area contributed by atoms with E-state index in [1.807, 2.05) is 0 Å². The third-order valence-electron chi connectivity index (χ3n) is 1.78. The number of aromatic nitrogens is 2. The number of hydrogen-bond donors (Lipinski definition) is 2. The molecule has 0 aliphatic carbocycles.